The van der Waals surface area contributed by atoms with Crippen LogP contribution in [0.15, 0.2) is 24.4 Å². The van der Waals surface area contributed by atoms with Gasteiger partial charge in [0.15, 0.2) is 0 Å². The fourth-order valence-electron chi connectivity index (χ4n) is 3.06. The quantitative estimate of drug-likeness (QED) is 0.825. The Balaban J connectivity index is 1.83. The molecule has 0 bridgehead atoms. The van der Waals surface area contributed by atoms with Gasteiger partial charge in [0.05, 0.1) is 11.7 Å². The predicted molar refractivity (Wildman–Crippen MR) is 73.9 cm³/mol. The van der Waals surface area contributed by atoms with Crippen molar-refractivity contribution in [3.8, 4) is 0 Å². The van der Waals surface area contributed by atoms with Gasteiger partial charge in [0.1, 0.15) is 5.82 Å². The maximum Gasteiger partial charge on any atom is 0.113 e. The van der Waals surface area contributed by atoms with Gasteiger partial charge in [0, 0.05) is 18.7 Å². The molecule has 1 saturated heterocycles. The Morgan fingerprint density at radius 2 is 2.28 bits per heavy atom. The number of likely N-dealkylation sites (tertiary alicyclic amines) is 1. The van der Waals surface area contributed by atoms with Gasteiger partial charge in [0.25, 0.3) is 0 Å². The molecule has 3 heteroatoms. The molecule has 0 saturated carbocycles. The van der Waals surface area contributed by atoms with E-state index in [0.29, 0.717) is 0 Å². The summed E-state index contributed by atoms with van der Waals surface area (Å²) in [7, 11) is 0. The molecule has 3 heterocycles. The molecule has 0 N–H and O–H groups in total. The molecule has 1 fully saturated rings. The molecule has 2 aromatic heterocycles. The van der Waals surface area contributed by atoms with E-state index in [-0.39, 0.29) is 0 Å². The van der Waals surface area contributed by atoms with E-state index < -0.39 is 0 Å². The van der Waals surface area contributed by atoms with Crippen LogP contribution in [-0.4, -0.2) is 33.9 Å². The predicted octanol–water partition coefficient (Wildman–Crippen LogP) is 2.53. The van der Waals surface area contributed by atoms with E-state index in [9.17, 15) is 0 Å². The van der Waals surface area contributed by atoms with Crippen molar-refractivity contribution in [1.29, 1.82) is 0 Å². The number of imidazole rings is 1. The third-order valence-electron chi connectivity index (χ3n) is 4.11. The Morgan fingerprint density at radius 1 is 1.39 bits per heavy atom. The van der Waals surface area contributed by atoms with Crippen LogP contribution in [0.2, 0.25) is 0 Å². The second kappa shape index (κ2) is 4.73. The van der Waals surface area contributed by atoms with Crippen LogP contribution in [0.5, 0.6) is 0 Å². The zero-order valence-electron chi connectivity index (χ0n) is 11.3. The summed E-state index contributed by atoms with van der Waals surface area (Å²) in [5, 5.41) is 0. The van der Waals surface area contributed by atoms with E-state index in [1.54, 1.807) is 0 Å². The highest BCUT2D eigenvalue weighted by atomic mass is 15.1. The van der Waals surface area contributed by atoms with Crippen molar-refractivity contribution < 1.29 is 0 Å². The lowest BCUT2D eigenvalue weighted by molar-refractivity contribution is 0.341. The molecule has 1 atom stereocenters. The fourth-order valence-corrected chi connectivity index (χ4v) is 3.06. The van der Waals surface area contributed by atoms with Gasteiger partial charge in [-0.2, -0.15) is 0 Å². The van der Waals surface area contributed by atoms with Gasteiger partial charge in [-0.1, -0.05) is 13.0 Å². The molecule has 0 spiro atoms. The first-order valence-corrected chi connectivity index (χ1v) is 6.92. The highest BCUT2D eigenvalue weighted by Gasteiger charge is 2.22. The lowest BCUT2D eigenvalue weighted by atomic mass is 10.0. The Hall–Kier alpha value is -1.35. The van der Waals surface area contributed by atoms with Gasteiger partial charge in [-0.25, -0.2) is 4.98 Å². The van der Waals surface area contributed by atoms with E-state index in [1.165, 1.54) is 43.1 Å². The topological polar surface area (TPSA) is 20.5 Å². The Kier molecular flexibility index (Phi) is 3.08. The molecule has 0 radical (unpaired) electrons. The van der Waals surface area contributed by atoms with Crippen molar-refractivity contribution in [1.82, 2.24) is 14.3 Å². The summed E-state index contributed by atoms with van der Waals surface area (Å²) in [5.41, 5.74) is 2.50. The van der Waals surface area contributed by atoms with Gasteiger partial charge in [-0.05, 0) is 44.5 Å². The largest absolute Gasteiger partial charge is 0.303 e. The van der Waals surface area contributed by atoms with Gasteiger partial charge in [-0.15, -0.1) is 0 Å². The van der Waals surface area contributed by atoms with Crippen molar-refractivity contribution in [2.75, 3.05) is 19.6 Å². The van der Waals surface area contributed by atoms with Crippen molar-refractivity contribution >= 4 is 5.52 Å². The molecule has 1 aliphatic rings. The van der Waals surface area contributed by atoms with E-state index >= 15 is 0 Å². The number of nitrogens with zero attached hydrogens (tertiary/aromatic N) is 3. The van der Waals surface area contributed by atoms with Gasteiger partial charge < -0.3 is 9.30 Å². The van der Waals surface area contributed by atoms with Crippen molar-refractivity contribution in [3.05, 3.63) is 35.9 Å². The average molecular weight is 243 g/mol. The van der Waals surface area contributed by atoms with Crippen molar-refractivity contribution in [2.45, 2.75) is 26.7 Å². The summed E-state index contributed by atoms with van der Waals surface area (Å²) in [5.74, 6) is 2.00. The van der Waals surface area contributed by atoms with Crippen LogP contribution in [0, 0.1) is 12.8 Å². The van der Waals surface area contributed by atoms with E-state index in [2.05, 4.69) is 46.3 Å². The molecule has 0 aromatic carbocycles. The van der Waals surface area contributed by atoms with E-state index in [0.717, 1.165) is 12.3 Å². The molecule has 0 aliphatic carbocycles. The number of hydrogen-bond donors (Lipinski definition) is 0. The first-order chi connectivity index (χ1) is 8.78. The molecule has 18 heavy (non-hydrogen) atoms. The van der Waals surface area contributed by atoms with Crippen LogP contribution in [0.25, 0.3) is 5.52 Å². The summed E-state index contributed by atoms with van der Waals surface area (Å²) < 4.78 is 2.30. The molecule has 2 aromatic rings. The van der Waals surface area contributed by atoms with E-state index in [1.807, 2.05) is 6.20 Å². The lowest BCUT2D eigenvalue weighted by Crippen LogP contribution is -2.20. The minimum Gasteiger partial charge on any atom is -0.303 e. The molecule has 3 nitrogen and oxygen atoms in total. The molecular weight excluding hydrogens is 222 g/mol. The van der Waals surface area contributed by atoms with Crippen LogP contribution >= 0.6 is 0 Å². The lowest BCUT2D eigenvalue weighted by Gasteiger charge is -2.13. The number of fused-ring (bicyclic) bond motifs is 1. The average Bonchev–Trinajstić information content (AvgIpc) is 2.98. The molecule has 0 amide bonds. The second-order valence-electron chi connectivity index (χ2n) is 5.35. The minimum atomic E-state index is 0.773. The van der Waals surface area contributed by atoms with E-state index in [4.69, 9.17) is 0 Å². The molecule has 96 valence electrons. The van der Waals surface area contributed by atoms with Crippen LogP contribution in [0.1, 0.15) is 24.9 Å². The molecule has 3 rings (SSSR count). The number of aryl methyl sites for hydroxylation is 1. The fraction of sp³-hybridized carbons (Fsp3) is 0.533. The first-order valence-electron chi connectivity index (χ1n) is 6.92. The summed E-state index contributed by atoms with van der Waals surface area (Å²) in [4.78, 5) is 7.15. The smallest absolute Gasteiger partial charge is 0.113 e. The maximum absolute atomic E-state index is 4.61. The first kappa shape index (κ1) is 11.7. The summed E-state index contributed by atoms with van der Waals surface area (Å²) in [6.07, 6.45) is 4.42. The number of rotatable bonds is 3. The molecule has 1 unspecified atom stereocenters. The van der Waals surface area contributed by atoms with Gasteiger partial charge in [0.2, 0.25) is 0 Å². The molecular formula is C15H21N3. The standard InChI is InChI=1S/C15H21N3/c1-3-17-8-7-13(11-17)9-15-16-10-14-6-4-5-12(2)18(14)15/h4-6,10,13H,3,7-9,11H2,1-2H3. The number of pyridine rings is 1. The zero-order valence-corrected chi connectivity index (χ0v) is 11.3. The monoisotopic (exact) mass is 243 g/mol. The highest BCUT2D eigenvalue weighted by Crippen LogP contribution is 2.21. The highest BCUT2D eigenvalue weighted by molar-refractivity contribution is 5.47. The number of aromatic nitrogens is 2. The number of hydrogen-bond acceptors (Lipinski definition) is 2. The zero-order chi connectivity index (χ0) is 12.5. The summed E-state index contributed by atoms with van der Waals surface area (Å²) in [6.45, 7) is 8.07. The summed E-state index contributed by atoms with van der Waals surface area (Å²) >= 11 is 0. The van der Waals surface area contributed by atoms with Crippen LogP contribution < -0.4 is 0 Å². The van der Waals surface area contributed by atoms with Crippen LogP contribution in [0.3, 0.4) is 0 Å². The SMILES string of the molecule is CCN1CCC(Cc2ncc3cccc(C)n23)C1. The maximum atomic E-state index is 4.61. The Morgan fingerprint density at radius 3 is 3.06 bits per heavy atom. The van der Waals surface area contributed by atoms with Crippen LogP contribution in [0.4, 0.5) is 0 Å². The van der Waals surface area contributed by atoms with Gasteiger partial charge in [-0.3, -0.25) is 0 Å². The minimum absolute atomic E-state index is 0.773. The van der Waals surface area contributed by atoms with Crippen molar-refractivity contribution in [3.63, 3.8) is 0 Å². The second-order valence-corrected chi connectivity index (χ2v) is 5.35. The Labute approximate surface area is 108 Å². The van der Waals surface area contributed by atoms with Crippen molar-refractivity contribution in [2.24, 2.45) is 5.92 Å². The van der Waals surface area contributed by atoms with Gasteiger partial charge >= 0.3 is 0 Å². The third kappa shape index (κ3) is 2.03. The summed E-state index contributed by atoms with van der Waals surface area (Å²) in [6, 6.07) is 6.40. The third-order valence-corrected chi connectivity index (χ3v) is 4.11. The van der Waals surface area contributed by atoms with Crippen LogP contribution in [-0.2, 0) is 6.42 Å². The Bertz CT molecular complexity index is 544. The molecule has 1 aliphatic heterocycles. The normalized spacial score (nSPS) is 20.9.